The van der Waals surface area contributed by atoms with E-state index >= 15 is 0 Å². The van der Waals surface area contributed by atoms with E-state index < -0.39 is 0 Å². The summed E-state index contributed by atoms with van der Waals surface area (Å²) in [4.78, 5) is 0. The SMILES string of the molecule is CC(C)CCSC(CCN)c1ccccc1. The van der Waals surface area contributed by atoms with E-state index in [-0.39, 0.29) is 0 Å². The Bertz CT molecular complexity index is 271. The van der Waals surface area contributed by atoms with Crippen molar-refractivity contribution in [3.63, 3.8) is 0 Å². The fourth-order valence-electron chi connectivity index (χ4n) is 1.61. The van der Waals surface area contributed by atoms with Gasteiger partial charge >= 0.3 is 0 Å². The lowest BCUT2D eigenvalue weighted by Gasteiger charge is -2.16. The van der Waals surface area contributed by atoms with E-state index in [0.29, 0.717) is 5.25 Å². The van der Waals surface area contributed by atoms with Gasteiger partial charge in [-0.15, -0.1) is 0 Å². The highest BCUT2D eigenvalue weighted by Crippen LogP contribution is 2.32. The third-order valence-electron chi connectivity index (χ3n) is 2.61. The minimum atomic E-state index is 0.574. The number of nitrogens with two attached hydrogens (primary N) is 1. The zero-order valence-electron chi connectivity index (χ0n) is 10.4. The highest BCUT2D eigenvalue weighted by atomic mass is 32.2. The van der Waals surface area contributed by atoms with Crippen LogP contribution in [0.3, 0.4) is 0 Å². The summed E-state index contributed by atoms with van der Waals surface area (Å²) in [6.45, 7) is 5.33. The first kappa shape index (κ1) is 13.6. The number of hydrogen-bond acceptors (Lipinski definition) is 2. The zero-order valence-corrected chi connectivity index (χ0v) is 11.2. The summed E-state index contributed by atoms with van der Waals surface area (Å²) in [5, 5.41) is 0.574. The van der Waals surface area contributed by atoms with Crippen molar-refractivity contribution in [1.29, 1.82) is 0 Å². The minimum Gasteiger partial charge on any atom is -0.330 e. The van der Waals surface area contributed by atoms with Gasteiger partial charge in [0.05, 0.1) is 0 Å². The molecule has 0 spiro atoms. The van der Waals surface area contributed by atoms with Gasteiger partial charge in [-0.3, -0.25) is 0 Å². The Balaban J connectivity index is 2.48. The van der Waals surface area contributed by atoms with Crippen LogP contribution in [0.1, 0.15) is 37.5 Å². The lowest BCUT2D eigenvalue weighted by Crippen LogP contribution is -2.06. The third-order valence-corrected chi connectivity index (χ3v) is 4.00. The summed E-state index contributed by atoms with van der Waals surface area (Å²) in [5.41, 5.74) is 7.10. The zero-order chi connectivity index (χ0) is 11.8. The largest absolute Gasteiger partial charge is 0.330 e. The van der Waals surface area contributed by atoms with E-state index in [9.17, 15) is 0 Å². The third kappa shape index (κ3) is 5.04. The second-order valence-electron chi connectivity index (χ2n) is 4.53. The highest BCUT2D eigenvalue weighted by molar-refractivity contribution is 7.99. The van der Waals surface area contributed by atoms with Crippen molar-refractivity contribution in [2.45, 2.75) is 31.9 Å². The first-order chi connectivity index (χ1) is 7.74. The van der Waals surface area contributed by atoms with Crippen LogP contribution in [0.25, 0.3) is 0 Å². The summed E-state index contributed by atoms with van der Waals surface area (Å²) >= 11 is 2.05. The number of thioether (sulfide) groups is 1. The van der Waals surface area contributed by atoms with Crippen LogP contribution in [-0.2, 0) is 0 Å². The van der Waals surface area contributed by atoms with Crippen molar-refractivity contribution in [3.8, 4) is 0 Å². The molecule has 0 aromatic heterocycles. The van der Waals surface area contributed by atoms with E-state index in [0.717, 1.165) is 18.9 Å². The van der Waals surface area contributed by atoms with Crippen molar-refractivity contribution < 1.29 is 0 Å². The van der Waals surface area contributed by atoms with E-state index in [4.69, 9.17) is 5.73 Å². The van der Waals surface area contributed by atoms with Crippen LogP contribution in [0, 0.1) is 5.92 Å². The molecule has 0 aliphatic heterocycles. The van der Waals surface area contributed by atoms with E-state index in [1.54, 1.807) is 0 Å². The van der Waals surface area contributed by atoms with Crippen LogP contribution >= 0.6 is 11.8 Å². The number of hydrogen-bond donors (Lipinski definition) is 1. The molecular formula is C14H23NS. The molecule has 0 saturated carbocycles. The van der Waals surface area contributed by atoms with E-state index in [2.05, 4.69) is 44.2 Å². The molecule has 0 amide bonds. The monoisotopic (exact) mass is 237 g/mol. The summed E-state index contributed by atoms with van der Waals surface area (Å²) in [6, 6.07) is 10.7. The van der Waals surface area contributed by atoms with Gasteiger partial charge in [-0.25, -0.2) is 0 Å². The molecule has 0 radical (unpaired) electrons. The molecular weight excluding hydrogens is 214 g/mol. The minimum absolute atomic E-state index is 0.574. The van der Waals surface area contributed by atoms with Gasteiger partial charge in [0.15, 0.2) is 0 Å². The maximum atomic E-state index is 5.68. The predicted molar refractivity (Wildman–Crippen MR) is 74.8 cm³/mol. The molecule has 1 unspecified atom stereocenters. The average Bonchev–Trinajstić information content (AvgIpc) is 2.29. The standard InChI is InChI=1S/C14H23NS/c1-12(2)9-11-16-14(8-10-15)13-6-4-3-5-7-13/h3-7,12,14H,8-11,15H2,1-2H3. The second-order valence-corrected chi connectivity index (χ2v) is 5.84. The topological polar surface area (TPSA) is 26.0 Å². The molecule has 0 aliphatic rings. The Morgan fingerprint density at radius 1 is 1.12 bits per heavy atom. The van der Waals surface area contributed by atoms with Crippen LogP contribution in [0.4, 0.5) is 0 Å². The van der Waals surface area contributed by atoms with Crippen molar-refractivity contribution in [3.05, 3.63) is 35.9 Å². The first-order valence-electron chi connectivity index (χ1n) is 6.10. The molecule has 0 bridgehead atoms. The highest BCUT2D eigenvalue weighted by Gasteiger charge is 2.10. The smallest absolute Gasteiger partial charge is 0.0309 e. The van der Waals surface area contributed by atoms with Crippen molar-refractivity contribution in [1.82, 2.24) is 0 Å². The number of benzene rings is 1. The lowest BCUT2D eigenvalue weighted by atomic mass is 10.1. The maximum Gasteiger partial charge on any atom is 0.0309 e. The Labute approximate surface area is 104 Å². The first-order valence-corrected chi connectivity index (χ1v) is 7.15. The molecule has 0 saturated heterocycles. The van der Waals surface area contributed by atoms with Gasteiger partial charge in [0.2, 0.25) is 0 Å². The fourth-order valence-corrected chi connectivity index (χ4v) is 3.16. The Hall–Kier alpha value is -0.470. The Morgan fingerprint density at radius 3 is 2.38 bits per heavy atom. The molecule has 2 heteroatoms. The summed E-state index contributed by atoms with van der Waals surface area (Å²) < 4.78 is 0. The van der Waals surface area contributed by atoms with Gasteiger partial charge in [0.25, 0.3) is 0 Å². The van der Waals surface area contributed by atoms with Crippen LogP contribution < -0.4 is 5.73 Å². The summed E-state index contributed by atoms with van der Waals surface area (Å²) in [6.07, 6.45) is 2.37. The van der Waals surface area contributed by atoms with Gasteiger partial charge in [-0.05, 0) is 36.6 Å². The molecule has 1 atom stereocenters. The predicted octanol–water partition coefficient (Wildman–Crippen LogP) is 3.86. The van der Waals surface area contributed by atoms with Gasteiger partial charge in [0, 0.05) is 5.25 Å². The Morgan fingerprint density at radius 2 is 1.81 bits per heavy atom. The summed E-state index contributed by atoms with van der Waals surface area (Å²) in [7, 11) is 0. The average molecular weight is 237 g/mol. The molecule has 0 fully saturated rings. The molecule has 2 N–H and O–H groups in total. The molecule has 16 heavy (non-hydrogen) atoms. The maximum absolute atomic E-state index is 5.68. The number of rotatable bonds is 7. The molecule has 1 rings (SSSR count). The quantitative estimate of drug-likeness (QED) is 0.779. The molecule has 1 aromatic carbocycles. The van der Waals surface area contributed by atoms with Crippen LogP contribution in [0.2, 0.25) is 0 Å². The van der Waals surface area contributed by atoms with Crippen LogP contribution in [0.5, 0.6) is 0 Å². The normalized spacial score (nSPS) is 13.0. The molecule has 1 aromatic rings. The van der Waals surface area contributed by atoms with Gasteiger partial charge < -0.3 is 5.73 Å². The molecule has 1 nitrogen and oxygen atoms in total. The molecule has 0 aliphatic carbocycles. The fraction of sp³-hybridized carbons (Fsp3) is 0.571. The van der Waals surface area contributed by atoms with Crippen LogP contribution in [-0.4, -0.2) is 12.3 Å². The van der Waals surface area contributed by atoms with Crippen molar-refractivity contribution in [2.75, 3.05) is 12.3 Å². The van der Waals surface area contributed by atoms with E-state index in [1.165, 1.54) is 17.7 Å². The van der Waals surface area contributed by atoms with Crippen molar-refractivity contribution in [2.24, 2.45) is 11.7 Å². The van der Waals surface area contributed by atoms with Crippen molar-refractivity contribution >= 4 is 11.8 Å². The lowest BCUT2D eigenvalue weighted by molar-refractivity contribution is 0.630. The molecule has 0 heterocycles. The second kappa shape index (κ2) is 7.75. The molecule has 90 valence electrons. The van der Waals surface area contributed by atoms with E-state index in [1.807, 2.05) is 11.8 Å². The van der Waals surface area contributed by atoms with Gasteiger partial charge in [-0.1, -0.05) is 44.2 Å². The van der Waals surface area contributed by atoms with Gasteiger partial charge in [0.1, 0.15) is 0 Å². The van der Waals surface area contributed by atoms with Crippen LogP contribution in [0.15, 0.2) is 30.3 Å². The summed E-state index contributed by atoms with van der Waals surface area (Å²) in [5.74, 6) is 2.03. The Kier molecular flexibility index (Phi) is 6.58. The van der Waals surface area contributed by atoms with Gasteiger partial charge in [-0.2, -0.15) is 11.8 Å².